The van der Waals surface area contributed by atoms with Crippen LogP contribution in [0.3, 0.4) is 0 Å². The summed E-state index contributed by atoms with van der Waals surface area (Å²) in [5.41, 5.74) is 0.727. The predicted molar refractivity (Wildman–Crippen MR) is 64.8 cm³/mol. The molecular formula is C11H17F3N4. The largest absolute Gasteiger partial charge is 0.390 e. The Hall–Kier alpha value is -1.53. The van der Waals surface area contributed by atoms with Crippen LogP contribution in [0.15, 0.2) is 0 Å². The van der Waals surface area contributed by atoms with Crippen LogP contribution < -0.4 is 10.6 Å². The first-order chi connectivity index (χ1) is 8.33. The number of aromatic nitrogens is 2. The molecule has 0 spiro atoms. The Kier molecular flexibility index (Phi) is 4.75. The van der Waals surface area contributed by atoms with Gasteiger partial charge in [-0.2, -0.15) is 13.2 Å². The summed E-state index contributed by atoms with van der Waals surface area (Å²) in [6, 6.07) is 0. The molecule has 4 nitrogen and oxygen atoms in total. The van der Waals surface area contributed by atoms with Crippen molar-refractivity contribution in [2.45, 2.75) is 33.4 Å². The van der Waals surface area contributed by atoms with Gasteiger partial charge in [-0.05, 0) is 20.8 Å². The molecule has 0 aromatic carbocycles. The molecule has 0 unspecified atom stereocenters. The molecule has 102 valence electrons. The van der Waals surface area contributed by atoms with Crippen LogP contribution in [0, 0.1) is 13.8 Å². The lowest BCUT2D eigenvalue weighted by molar-refractivity contribution is -0.131. The van der Waals surface area contributed by atoms with Crippen molar-refractivity contribution in [2.24, 2.45) is 0 Å². The van der Waals surface area contributed by atoms with Crippen molar-refractivity contribution in [3.63, 3.8) is 0 Å². The van der Waals surface area contributed by atoms with Crippen molar-refractivity contribution >= 4 is 11.6 Å². The summed E-state index contributed by atoms with van der Waals surface area (Å²) in [7, 11) is 0. The molecular weight excluding hydrogens is 245 g/mol. The van der Waals surface area contributed by atoms with Gasteiger partial charge < -0.3 is 10.6 Å². The average molecular weight is 262 g/mol. The van der Waals surface area contributed by atoms with E-state index in [9.17, 15) is 13.2 Å². The van der Waals surface area contributed by atoms with Gasteiger partial charge >= 0.3 is 6.18 Å². The Morgan fingerprint density at radius 3 is 2.11 bits per heavy atom. The second kappa shape index (κ2) is 5.88. The maximum absolute atomic E-state index is 12.1. The summed E-state index contributed by atoms with van der Waals surface area (Å²) in [4.78, 5) is 8.30. The van der Waals surface area contributed by atoms with E-state index in [-0.39, 0.29) is 6.54 Å². The minimum absolute atomic E-state index is 0.188. The van der Waals surface area contributed by atoms with Gasteiger partial charge in [-0.1, -0.05) is 0 Å². The Bertz CT molecular complexity index is 404. The molecule has 0 radical (unpaired) electrons. The molecule has 18 heavy (non-hydrogen) atoms. The third-order valence-electron chi connectivity index (χ3n) is 2.30. The number of anilines is 2. The van der Waals surface area contributed by atoms with Gasteiger partial charge in [-0.3, -0.25) is 0 Å². The Balaban J connectivity index is 2.76. The van der Waals surface area contributed by atoms with Crippen molar-refractivity contribution in [3.05, 3.63) is 11.4 Å². The fraction of sp³-hybridized carbons (Fsp3) is 0.636. The van der Waals surface area contributed by atoms with Crippen LogP contribution in [0.25, 0.3) is 0 Å². The van der Waals surface area contributed by atoms with E-state index in [0.717, 1.165) is 5.56 Å². The standard InChI is InChI=1S/C11H17F3N4/c1-4-15-9-7(2)10(18-8(3)17-9)16-6-5-11(12,13)14/h4-6H2,1-3H3,(H2,15,16,17,18). The van der Waals surface area contributed by atoms with Gasteiger partial charge in [0.2, 0.25) is 0 Å². The highest BCUT2D eigenvalue weighted by Gasteiger charge is 2.26. The van der Waals surface area contributed by atoms with Gasteiger partial charge in [-0.25, -0.2) is 9.97 Å². The summed E-state index contributed by atoms with van der Waals surface area (Å²) < 4.78 is 36.2. The Morgan fingerprint density at radius 2 is 1.61 bits per heavy atom. The van der Waals surface area contributed by atoms with Crippen LogP contribution >= 0.6 is 0 Å². The number of nitrogens with zero attached hydrogens (tertiary/aromatic N) is 2. The molecule has 0 saturated carbocycles. The monoisotopic (exact) mass is 262 g/mol. The van der Waals surface area contributed by atoms with Crippen LogP contribution in [0.1, 0.15) is 24.7 Å². The maximum Gasteiger partial charge on any atom is 0.390 e. The number of halogens is 3. The Morgan fingerprint density at radius 1 is 1.06 bits per heavy atom. The van der Waals surface area contributed by atoms with Crippen molar-refractivity contribution in [1.82, 2.24) is 9.97 Å². The van der Waals surface area contributed by atoms with Crippen molar-refractivity contribution in [2.75, 3.05) is 23.7 Å². The highest BCUT2D eigenvalue weighted by Crippen LogP contribution is 2.22. The zero-order valence-corrected chi connectivity index (χ0v) is 10.6. The normalized spacial score (nSPS) is 11.4. The highest BCUT2D eigenvalue weighted by atomic mass is 19.4. The predicted octanol–water partition coefficient (Wildman–Crippen LogP) is 2.89. The summed E-state index contributed by atoms with van der Waals surface area (Å²) in [6.07, 6.45) is -5.04. The molecule has 1 heterocycles. The topological polar surface area (TPSA) is 49.8 Å². The number of rotatable bonds is 5. The number of hydrogen-bond acceptors (Lipinski definition) is 4. The highest BCUT2D eigenvalue weighted by molar-refractivity contribution is 5.57. The van der Waals surface area contributed by atoms with Crippen LogP contribution in [0.2, 0.25) is 0 Å². The molecule has 0 fully saturated rings. The SMILES string of the molecule is CCNc1nc(C)nc(NCCC(F)(F)F)c1C. The molecule has 1 aromatic heterocycles. The second-order valence-corrected chi connectivity index (χ2v) is 3.92. The number of hydrogen-bond donors (Lipinski definition) is 2. The number of aryl methyl sites for hydroxylation is 1. The quantitative estimate of drug-likeness (QED) is 0.856. The maximum atomic E-state index is 12.1. The van der Waals surface area contributed by atoms with E-state index in [1.165, 1.54) is 0 Å². The first-order valence-electron chi connectivity index (χ1n) is 5.73. The van der Waals surface area contributed by atoms with Crippen LogP contribution in [-0.2, 0) is 0 Å². The molecule has 7 heteroatoms. The first kappa shape index (κ1) is 14.5. The molecule has 0 aliphatic heterocycles. The molecule has 0 aliphatic rings. The molecule has 1 rings (SSSR count). The minimum Gasteiger partial charge on any atom is -0.370 e. The van der Waals surface area contributed by atoms with E-state index in [1.807, 2.05) is 6.92 Å². The van der Waals surface area contributed by atoms with Gasteiger partial charge in [0, 0.05) is 18.7 Å². The molecule has 0 atom stereocenters. The van der Waals surface area contributed by atoms with Crippen molar-refractivity contribution in [1.29, 1.82) is 0 Å². The minimum atomic E-state index is -4.16. The zero-order chi connectivity index (χ0) is 13.8. The van der Waals surface area contributed by atoms with Crippen molar-refractivity contribution < 1.29 is 13.2 Å². The van der Waals surface area contributed by atoms with Crippen molar-refractivity contribution in [3.8, 4) is 0 Å². The van der Waals surface area contributed by atoms with E-state index in [0.29, 0.717) is 24.0 Å². The summed E-state index contributed by atoms with van der Waals surface area (Å²) >= 11 is 0. The van der Waals surface area contributed by atoms with Crippen LogP contribution in [-0.4, -0.2) is 29.2 Å². The lowest BCUT2D eigenvalue weighted by Crippen LogP contribution is -2.16. The van der Waals surface area contributed by atoms with Gasteiger partial charge in [0.25, 0.3) is 0 Å². The zero-order valence-electron chi connectivity index (χ0n) is 10.6. The molecule has 1 aromatic rings. The fourth-order valence-electron chi connectivity index (χ4n) is 1.46. The smallest absolute Gasteiger partial charge is 0.370 e. The van der Waals surface area contributed by atoms with E-state index < -0.39 is 12.6 Å². The van der Waals surface area contributed by atoms with E-state index >= 15 is 0 Å². The summed E-state index contributed by atoms with van der Waals surface area (Å²) in [6.45, 7) is 5.90. The summed E-state index contributed by atoms with van der Waals surface area (Å²) in [5.74, 6) is 1.62. The average Bonchev–Trinajstić information content (AvgIpc) is 2.23. The fourth-order valence-corrected chi connectivity index (χ4v) is 1.46. The van der Waals surface area contributed by atoms with Gasteiger partial charge in [0.15, 0.2) is 0 Å². The lowest BCUT2D eigenvalue weighted by Gasteiger charge is -2.14. The third-order valence-corrected chi connectivity index (χ3v) is 2.30. The lowest BCUT2D eigenvalue weighted by atomic mass is 10.3. The third kappa shape index (κ3) is 4.38. The number of nitrogens with one attached hydrogen (secondary N) is 2. The van der Waals surface area contributed by atoms with E-state index in [4.69, 9.17) is 0 Å². The Labute approximate surface area is 104 Å². The summed E-state index contributed by atoms with van der Waals surface area (Å²) in [5, 5.41) is 5.75. The van der Waals surface area contributed by atoms with Crippen LogP contribution in [0.5, 0.6) is 0 Å². The molecule has 0 bridgehead atoms. The molecule has 2 N–H and O–H groups in total. The second-order valence-electron chi connectivity index (χ2n) is 3.92. The molecule has 0 saturated heterocycles. The van der Waals surface area contributed by atoms with Crippen LogP contribution in [0.4, 0.5) is 24.8 Å². The van der Waals surface area contributed by atoms with Gasteiger partial charge in [0.05, 0.1) is 6.42 Å². The van der Waals surface area contributed by atoms with Gasteiger partial charge in [-0.15, -0.1) is 0 Å². The van der Waals surface area contributed by atoms with E-state index in [1.54, 1.807) is 13.8 Å². The first-order valence-corrected chi connectivity index (χ1v) is 5.73. The molecule has 0 aliphatic carbocycles. The van der Waals surface area contributed by atoms with E-state index in [2.05, 4.69) is 20.6 Å². The molecule has 0 amide bonds. The van der Waals surface area contributed by atoms with Gasteiger partial charge in [0.1, 0.15) is 17.5 Å². The number of alkyl halides is 3.